The van der Waals surface area contributed by atoms with E-state index in [-0.39, 0.29) is 5.56 Å². The Labute approximate surface area is 94.1 Å². The van der Waals surface area contributed by atoms with Gasteiger partial charge in [0.2, 0.25) is 0 Å². The van der Waals surface area contributed by atoms with Crippen molar-refractivity contribution in [2.45, 2.75) is 13.8 Å². The van der Waals surface area contributed by atoms with E-state index in [0.717, 1.165) is 0 Å². The Morgan fingerprint density at radius 3 is 2.06 bits per heavy atom. The fraction of sp³-hybridized carbons (Fsp3) is 0.364. The zero-order valence-corrected chi connectivity index (χ0v) is 9.30. The van der Waals surface area contributed by atoms with E-state index >= 15 is 0 Å². The van der Waals surface area contributed by atoms with E-state index in [1.54, 1.807) is 12.1 Å². The molecule has 0 unspecified atom stereocenters. The Morgan fingerprint density at radius 2 is 1.69 bits per heavy atom. The molecule has 0 aliphatic heterocycles. The average molecular weight is 224 g/mol. The Kier molecular flexibility index (Phi) is 4.75. The van der Waals surface area contributed by atoms with Gasteiger partial charge in [-0.15, -0.1) is 5.23 Å². The van der Waals surface area contributed by atoms with Crippen molar-refractivity contribution in [3.8, 4) is 0 Å². The Balaban J connectivity index is 2.80. The maximum absolute atomic E-state index is 10.5. The lowest BCUT2D eigenvalue weighted by Crippen LogP contribution is -2.25. The third kappa shape index (κ3) is 3.22. The Bertz CT molecular complexity index is 330. The number of carbonyl (C=O) groups is 1. The number of carboxylic acids is 1. The molecule has 0 aromatic heterocycles. The highest BCUT2D eigenvalue weighted by molar-refractivity contribution is 5.86. The van der Waals surface area contributed by atoms with Crippen LogP contribution in [0.1, 0.15) is 24.2 Å². The van der Waals surface area contributed by atoms with E-state index in [0.29, 0.717) is 18.9 Å². The van der Waals surface area contributed by atoms with Crippen LogP contribution in [-0.4, -0.2) is 19.2 Å². The number of carboxylic acid groups (broad SMARTS) is 1. The SMILES string of the molecule is CCON(OCC)c1ccc(C(=O)[O-])cc1. The van der Waals surface area contributed by atoms with Crippen LogP contribution in [0.5, 0.6) is 0 Å². The van der Waals surface area contributed by atoms with Gasteiger partial charge in [0, 0.05) is 0 Å². The third-order valence-electron chi connectivity index (χ3n) is 1.81. The van der Waals surface area contributed by atoms with E-state index in [4.69, 9.17) is 9.68 Å². The quantitative estimate of drug-likeness (QED) is 0.667. The lowest BCUT2D eigenvalue weighted by Gasteiger charge is -2.21. The van der Waals surface area contributed by atoms with Gasteiger partial charge in [0.15, 0.2) is 0 Å². The highest BCUT2D eigenvalue weighted by Crippen LogP contribution is 2.15. The van der Waals surface area contributed by atoms with Crippen LogP contribution in [0, 0.1) is 0 Å². The lowest BCUT2D eigenvalue weighted by molar-refractivity contribution is -0.255. The van der Waals surface area contributed by atoms with Crippen molar-refractivity contribution < 1.29 is 19.6 Å². The minimum Gasteiger partial charge on any atom is -0.545 e. The van der Waals surface area contributed by atoms with Gasteiger partial charge >= 0.3 is 0 Å². The second-order valence-electron chi connectivity index (χ2n) is 2.93. The summed E-state index contributed by atoms with van der Waals surface area (Å²) in [4.78, 5) is 21.0. The molecule has 0 heterocycles. The van der Waals surface area contributed by atoms with Crippen LogP contribution in [0.3, 0.4) is 0 Å². The van der Waals surface area contributed by atoms with Crippen LogP contribution >= 0.6 is 0 Å². The maximum atomic E-state index is 10.5. The molecule has 0 saturated carbocycles. The number of anilines is 1. The second-order valence-corrected chi connectivity index (χ2v) is 2.93. The summed E-state index contributed by atoms with van der Waals surface area (Å²) in [6.07, 6.45) is 0. The zero-order valence-electron chi connectivity index (χ0n) is 9.30. The Hall–Kier alpha value is -1.59. The van der Waals surface area contributed by atoms with Gasteiger partial charge in [-0.2, -0.15) is 0 Å². The predicted molar refractivity (Wildman–Crippen MR) is 56.5 cm³/mol. The summed E-state index contributed by atoms with van der Waals surface area (Å²) in [6.45, 7) is 4.59. The molecule has 0 bridgehead atoms. The van der Waals surface area contributed by atoms with E-state index in [9.17, 15) is 9.90 Å². The van der Waals surface area contributed by atoms with Crippen LogP contribution in [0.2, 0.25) is 0 Å². The van der Waals surface area contributed by atoms with Gasteiger partial charge in [0.25, 0.3) is 0 Å². The van der Waals surface area contributed by atoms with Crippen LogP contribution < -0.4 is 10.3 Å². The molecule has 0 radical (unpaired) electrons. The molecule has 88 valence electrons. The highest BCUT2D eigenvalue weighted by Gasteiger charge is 2.06. The molecule has 5 heteroatoms. The largest absolute Gasteiger partial charge is 0.545 e. The molecule has 0 saturated heterocycles. The van der Waals surface area contributed by atoms with Crippen molar-refractivity contribution >= 4 is 11.7 Å². The summed E-state index contributed by atoms with van der Waals surface area (Å²) in [5.41, 5.74) is 0.755. The number of aromatic carboxylic acids is 1. The predicted octanol–water partition coefficient (Wildman–Crippen LogP) is 0.759. The summed E-state index contributed by atoms with van der Waals surface area (Å²) in [5, 5.41) is 11.8. The van der Waals surface area contributed by atoms with Crippen LogP contribution in [0.4, 0.5) is 5.69 Å². The summed E-state index contributed by atoms with van der Waals surface area (Å²) < 4.78 is 0. The first-order valence-electron chi connectivity index (χ1n) is 5.06. The number of hydrogen-bond acceptors (Lipinski definition) is 5. The number of nitrogens with zero attached hydrogens (tertiary/aromatic N) is 1. The van der Waals surface area contributed by atoms with Gasteiger partial charge < -0.3 is 9.90 Å². The molecule has 0 aliphatic rings. The highest BCUT2D eigenvalue weighted by atomic mass is 16.9. The lowest BCUT2D eigenvalue weighted by atomic mass is 10.2. The molecule has 0 atom stereocenters. The summed E-state index contributed by atoms with van der Waals surface area (Å²) in [6, 6.07) is 6.07. The summed E-state index contributed by atoms with van der Waals surface area (Å²) in [7, 11) is 0. The smallest absolute Gasteiger partial charge is 0.0947 e. The van der Waals surface area contributed by atoms with Crippen LogP contribution in [-0.2, 0) is 9.68 Å². The average Bonchev–Trinajstić information content (AvgIpc) is 2.29. The van der Waals surface area contributed by atoms with Crippen LogP contribution in [0.25, 0.3) is 0 Å². The van der Waals surface area contributed by atoms with E-state index in [1.165, 1.54) is 17.4 Å². The number of benzene rings is 1. The Morgan fingerprint density at radius 1 is 1.19 bits per heavy atom. The minimum atomic E-state index is -1.20. The molecular formula is C11H14NO4-. The van der Waals surface area contributed by atoms with Crippen molar-refractivity contribution in [3.63, 3.8) is 0 Å². The fourth-order valence-electron chi connectivity index (χ4n) is 1.14. The van der Waals surface area contributed by atoms with Crippen LogP contribution in [0.15, 0.2) is 24.3 Å². The van der Waals surface area contributed by atoms with Gasteiger partial charge in [-0.3, -0.25) is 0 Å². The molecule has 16 heavy (non-hydrogen) atoms. The molecule has 0 aliphatic carbocycles. The van der Waals surface area contributed by atoms with E-state index in [1.807, 2.05) is 13.8 Å². The monoisotopic (exact) mass is 224 g/mol. The van der Waals surface area contributed by atoms with Crippen molar-refractivity contribution in [1.82, 2.24) is 0 Å². The molecule has 0 fully saturated rings. The number of hydrogen-bond donors (Lipinski definition) is 0. The molecule has 0 N–H and O–H groups in total. The van der Waals surface area contributed by atoms with Gasteiger partial charge in [0.1, 0.15) is 0 Å². The van der Waals surface area contributed by atoms with E-state index in [2.05, 4.69) is 0 Å². The minimum absolute atomic E-state index is 0.122. The van der Waals surface area contributed by atoms with Crippen molar-refractivity contribution in [2.75, 3.05) is 18.4 Å². The van der Waals surface area contributed by atoms with Gasteiger partial charge in [0.05, 0.1) is 24.9 Å². The standard InChI is InChI=1S/C11H15NO4/c1-3-15-12(16-4-2)10-7-5-9(6-8-10)11(13)14/h5-8H,3-4H2,1-2H3,(H,13,14)/p-1. The first kappa shape index (κ1) is 12.5. The van der Waals surface area contributed by atoms with E-state index < -0.39 is 5.97 Å². The molecule has 1 aromatic carbocycles. The molecule has 5 nitrogen and oxygen atoms in total. The molecule has 0 amide bonds. The molecular weight excluding hydrogens is 210 g/mol. The summed E-state index contributed by atoms with van der Waals surface area (Å²) >= 11 is 0. The fourth-order valence-corrected chi connectivity index (χ4v) is 1.14. The third-order valence-corrected chi connectivity index (χ3v) is 1.81. The first-order valence-corrected chi connectivity index (χ1v) is 5.06. The normalized spacial score (nSPS) is 10.1. The van der Waals surface area contributed by atoms with Gasteiger partial charge in [-0.25, -0.2) is 9.68 Å². The topological polar surface area (TPSA) is 61.8 Å². The molecule has 1 aromatic rings. The van der Waals surface area contributed by atoms with Gasteiger partial charge in [-0.05, 0) is 31.5 Å². The second kappa shape index (κ2) is 6.09. The molecule has 1 rings (SSSR count). The van der Waals surface area contributed by atoms with Crippen molar-refractivity contribution in [2.24, 2.45) is 0 Å². The number of rotatable bonds is 6. The van der Waals surface area contributed by atoms with Crippen molar-refractivity contribution in [3.05, 3.63) is 29.8 Å². The first-order chi connectivity index (χ1) is 7.69. The van der Waals surface area contributed by atoms with Crippen molar-refractivity contribution in [1.29, 1.82) is 0 Å². The number of carbonyl (C=O) groups excluding carboxylic acids is 1. The maximum Gasteiger partial charge on any atom is 0.0947 e. The van der Waals surface area contributed by atoms with Gasteiger partial charge in [-0.1, -0.05) is 12.1 Å². The zero-order chi connectivity index (χ0) is 12.0. The summed E-state index contributed by atoms with van der Waals surface area (Å²) in [5.74, 6) is -1.20. The molecule has 0 spiro atoms.